The van der Waals surface area contributed by atoms with Gasteiger partial charge >= 0.3 is 0 Å². The summed E-state index contributed by atoms with van der Waals surface area (Å²) in [5.74, 6) is -0.0278. The van der Waals surface area contributed by atoms with Crippen molar-refractivity contribution < 1.29 is 9.21 Å². The van der Waals surface area contributed by atoms with E-state index in [1.54, 1.807) is 9.47 Å². The first kappa shape index (κ1) is 30.3. The van der Waals surface area contributed by atoms with Crippen molar-refractivity contribution in [2.45, 2.75) is 32.7 Å². The molecule has 2 aromatic heterocycles. The molecule has 0 bridgehead atoms. The zero-order chi connectivity index (χ0) is 33.0. The third-order valence-corrected chi connectivity index (χ3v) is 9.55. The Morgan fingerprint density at radius 1 is 1.00 bits per heavy atom. The van der Waals surface area contributed by atoms with Gasteiger partial charge in [-0.15, -0.1) is 0 Å². The Balaban J connectivity index is 1.56. The molecule has 1 atom stereocenters. The molecule has 0 radical (unpaired) electrons. The summed E-state index contributed by atoms with van der Waals surface area (Å²) >= 11 is 7.19. The molecule has 0 aliphatic carbocycles. The van der Waals surface area contributed by atoms with Gasteiger partial charge in [0.1, 0.15) is 22.8 Å². The fourth-order valence-corrected chi connectivity index (χ4v) is 7.26. The first-order valence-electron chi connectivity index (χ1n) is 15.7. The van der Waals surface area contributed by atoms with Gasteiger partial charge in [-0.25, -0.2) is 0 Å². The van der Waals surface area contributed by atoms with Crippen LogP contribution < -0.4 is 10.5 Å². The fraction of sp³-hybridized carbons (Fsp3) is 0.205. The number of para-hydroxylation sites is 3. The van der Waals surface area contributed by atoms with E-state index < -0.39 is 5.56 Å². The average molecular weight is 641 g/mol. The highest BCUT2D eigenvalue weighted by atomic mass is 35.5. The predicted molar refractivity (Wildman–Crippen MR) is 190 cm³/mol. The smallest absolute Gasteiger partial charge is 0.275 e. The molecule has 1 amide bonds. The molecule has 3 heterocycles. The predicted octanol–water partition coefficient (Wildman–Crippen LogP) is 8.43. The summed E-state index contributed by atoms with van der Waals surface area (Å²) in [6.07, 6.45) is 1.32. The highest BCUT2D eigenvalue weighted by molar-refractivity contribution is 6.35. The number of piperazine rings is 1. The van der Waals surface area contributed by atoms with Gasteiger partial charge in [0.25, 0.3) is 5.56 Å². The lowest BCUT2D eigenvalue weighted by atomic mass is 9.96. The summed E-state index contributed by atoms with van der Waals surface area (Å²) < 4.78 is 8.04. The van der Waals surface area contributed by atoms with Crippen LogP contribution in [0.25, 0.3) is 49.7 Å². The summed E-state index contributed by atoms with van der Waals surface area (Å²) in [6, 6.07) is 27.6. The van der Waals surface area contributed by atoms with Crippen LogP contribution in [0.5, 0.6) is 0 Å². The second-order valence-corrected chi connectivity index (χ2v) is 12.8. The Labute approximate surface area is 277 Å². The second-order valence-electron chi connectivity index (χ2n) is 12.3. The monoisotopic (exact) mass is 640 g/mol. The molecule has 1 aliphatic heterocycles. The van der Waals surface area contributed by atoms with Crippen molar-refractivity contribution in [2.75, 3.05) is 24.5 Å². The van der Waals surface area contributed by atoms with Crippen LogP contribution >= 0.6 is 11.6 Å². The Morgan fingerprint density at radius 3 is 2.49 bits per heavy atom. The van der Waals surface area contributed by atoms with Crippen LogP contribution in [0.2, 0.25) is 5.02 Å². The third-order valence-electron chi connectivity index (χ3n) is 9.24. The molecule has 7 rings (SSSR count). The van der Waals surface area contributed by atoms with Crippen molar-refractivity contribution in [2.24, 2.45) is 0 Å². The van der Waals surface area contributed by atoms with Gasteiger partial charge in [0.2, 0.25) is 5.91 Å². The van der Waals surface area contributed by atoms with E-state index in [4.69, 9.17) is 16.0 Å². The normalized spacial score (nSPS) is 15.1. The lowest BCUT2D eigenvalue weighted by molar-refractivity contribution is -0.126. The number of hydrogen-bond donors (Lipinski definition) is 0. The van der Waals surface area contributed by atoms with E-state index in [9.17, 15) is 14.9 Å². The van der Waals surface area contributed by atoms with Gasteiger partial charge < -0.3 is 14.2 Å². The summed E-state index contributed by atoms with van der Waals surface area (Å²) in [5.41, 5.74) is 5.47. The maximum atomic E-state index is 14.6. The SMILES string of the molecule is C=CC(=O)N1CCN(c2c(C#N)c(=O)n(-c3ccccc3C(C)C)c3cc(-c4cccc5c4oc4ccccc45)c(Cl)cc23)[C@@H](C)C1. The minimum Gasteiger partial charge on any atom is -0.455 e. The number of amides is 1. The molecular formula is C39H33ClN4O3. The number of benzene rings is 4. The van der Waals surface area contributed by atoms with E-state index >= 15 is 0 Å². The van der Waals surface area contributed by atoms with Crippen LogP contribution in [0.4, 0.5) is 5.69 Å². The largest absolute Gasteiger partial charge is 0.455 e. The first-order valence-corrected chi connectivity index (χ1v) is 16.1. The van der Waals surface area contributed by atoms with Crippen LogP contribution in [-0.4, -0.2) is 41.1 Å². The van der Waals surface area contributed by atoms with Crippen LogP contribution in [0.3, 0.4) is 0 Å². The summed E-state index contributed by atoms with van der Waals surface area (Å²) in [4.78, 5) is 30.9. The number of pyridine rings is 1. The topological polar surface area (TPSA) is 82.5 Å². The zero-order valence-corrected chi connectivity index (χ0v) is 27.2. The molecular weight excluding hydrogens is 608 g/mol. The Bertz CT molecular complexity index is 2350. The molecule has 234 valence electrons. The molecule has 0 N–H and O–H groups in total. The van der Waals surface area contributed by atoms with Gasteiger partial charge in [-0.05, 0) is 48.7 Å². The first-order chi connectivity index (χ1) is 22.7. The second kappa shape index (κ2) is 11.8. The number of fused-ring (bicyclic) bond motifs is 4. The average Bonchev–Trinajstić information content (AvgIpc) is 3.46. The lowest BCUT2D eigenvalue weighted by Gasteiger charge is -2.41. The number of aromatic nitrogens is 1. The molecule has 8 heteroatoms. The van der Waals surface area contributed by atoms with E-state index in [-0.39, 0.29) is 23.4 Å². The quantitative estimate of drug-likeness (QED) is 0.177. The number of nitrogens with zero attached hydrogens (tertiary/aromatic N) is 4. The van der Waals surface area contributed by atoms with Crippen molar-refractivity contribution in [3.05, 3.63) is 118 Å². The fourth-order valence-electron chi connectivity index (χ4n) is 7.00. The molecule has 1 fully saturated rings. The Morgan fingerprint density at radius 2 is 1.74 bits per heavy atom. The number of carbonyl (C=O) groups is 1. The summed E-state index contributed by atoms with van der Waals surface area (Å²) in [6.45, 7) is 11.1. The number of rotatable bonds is 5. The molecule has 0 saturated carbocycles. The van der Waals surface area contributed by atoms with Crippen molar-refractivity contribution in [3.63, 3.8) is 0 Å². The van der Waals surface area contributed by atoms with Crippen molar-refractivity contribution in [1.82, 2.24) is 9.47 Å². The van der Waals surface area contributed by atoms with Crippen molar-refractivity contribution >= 4 is 56.0 Å². The third kappa shape index (κ3) is 4.88. The van der Waals surface area contributed by atoms with Gasteiger partial charge in [-0.2, -0.15) is 5.26 Å². The van der Waals surface area contributed by atoms with E-state index in [0.29, 0.717) is 58.1 Å². The Kier molecular flexibility index (Phi) is 7.62. The maximum Gasteiger partial charge on any atom is 0.275 e. The highest BCUT2D eigenvalue weighted by Gasteiger charge is 2.32. The minimum absolute atomic E-state index is 0.0367. The lowest BCUT2D eigenvalue weighted by Crippen LogP contribution is -2.54. The van der Waals surface area contributed by atoms with E-state index in [1.807, 2.05) is 85.8 Å². The van der Waals surface area contributed by atoms with Gasteiger partial charge in [-0.1, -0.05) is 86.6 Å². The summed E-state index contributed by atoms with van der Waals surface area (Å²) in [5, 5.41) is 13.7. The van der Waals surface area contributed by atoms with Gasteiger partial charge in [0.15, 0.2) is 0 Å². The van der Waals surface area contributed by atoms with Crippen molar-refractivity contribution in [3.8, 4) is 22.9 Å². The van der Waals surface area contributed by atoms with E-state index in [0.717, 1.165) is 27.5 Å². The maximum absolute atomic E-state index is 14.6. The van der Waals surface area contributed by atoms with E-state index in [2.05, 4.69) is 31.4 Å². The zero-order valence-electron chi connectivity index (χ0n) is 26.5. The molecule has 47 heavy (non-hydrogen) atoms. The Hall–Kier alpha value is -5.32. The highest BCUT2D eigenvalue weighted by Crippen LogP contribution is 2.43. The molecule has 1 saturated heterocycles. The van der Waals surface area contributed by atoms with Crippen molar-refractivity contribution in [1.29, 1.82) is 5.26 Å². The van der Waals surface area contributed by atoms with E-state index in [1.165, 1.54) is 6.08 Å². The standard InChI is InChI=1S/C39H33ClN4O3/c1-5-36(45)42-17-18-43(24(4)22-42)37-30-19-32(40)29(28-14-10-13-27-26-12-7-9-16-35(26)47-38(27)28)20-34(30)44(39(46)31(37)21-41)33-15-8-6-11-25(33)23(2)3/h5-16,19-20,23-24H,1,17-18,22H2,2-4H3/t24-/m0/s1. The van der Waals surface area contributed by atoms with Crippen LogP contribution in [0, 0.1) is 11.3 Å². The molecule has 0 spiro atoms. The minimum atomic E-state index is -0.407. The molecule has 6 aromatic rings. The number of furan rings is 1. The number of nitriles is 1. The molecule has 1 aliphatic rings. The number of carbonyl (C=O) groups excluding carboxylic acids is 1. The summed E-state index contributed by atoms with van der Waals surface area (Å²) in [7, 11) is 0. The number of anilines is 1. The van der Waals surface area contributed by atoms with Crippen LogP contribution in [0.15, 0.2) is 101 Å². The number of hydrogen-bond acceptors (Lipinski definition) is 5. The molecule has 0 unspecified atom stereocenters. The molecule has 7 nitrogen and oxygen atoms in total. The van der Waals surface area contributed by atoms with Gasteiger partial charge in [-0.3, -0.25) is 14.2 Å². The molecule has 4 aromatic carbocycles. The van der Waals surface area contributed by atoms with Gasteiger partial charge in [0, 0.05) is 58.0 Å². The van der Waals surface area contributed by atoms with Crippen LogP contribution in [-0.2, 0) is 4.79 Å². The number of halogens is 1. The van der Waals surface area contributed by atoms with Gasteiger partial charge in [0.05, 0.1) is 16.9 Å². The van der Waals surface area contributed by atoms with Crippen LogP contribution in [0.1, 0.15) is 37.8 Å².